The SMILES string of the molecule is CCC(CC)CC(NC)C(c1ccccc1)C(C)CC. The quantitative estimate of drug-likeness (QED) is 0.650. The first-order chi connectivity index (χ1) is 9.67. The molecule has 0 aliphatic heterocycles. The minimum atomic E-state index is 0.581. The van der Waals surface area contributed by atoms with Crippen molar-refractivity contribution >= 4 is 0 Å². The molecule has 0 fully saturated rings. The molecule has 0 aliphatic rings. The minimum absolute atomic E-state index is 0.581. The van der Waals surface area contributed by atoms with Gasteiger partial charge in [0.2, 0.25) is 0 Å². The number of nitrogens with one attached hydrogen (secondary N) is 1. The molecule has 1 rings (SSSR count). The van der Waals surface area contributed by atoms with Crippen molar-refractivity contribution in [2.45, 2.75) is 65.3 Å². The largest absolute Gasteiger partial charge is 0.316 e. The summed E-state index contributed by atoms with van der Waals surface area (Å²) in [5, 5.41) is 3.61. The highest BCUT2D eigenvalue weighted by Gasteiger charge is 2.27. The molecule has 1 nitrogen and oxygen atoms in total. The van der Waals surface area contributed by atoms with Crippen molar-refractivity contribution in [2.75, 3.05) is 7.05 Å². The Morgan fingerprint density at radius 1 is 0.950 bits per heavy atom. The van der Waals surface area contributed by atoms with Crippen molar-refractivity contribution in [1.29, 1.82) is 0 Å². The van der Waals surface area contributed by atoms with Gasteiger partial charge in [0.05, 0.1) is 0 Å². The van der Waals surface area contributed by atoms with Gasteiger partial charge >= 0.3 is 0 Å². The maximum absolute atomic E-state index is 3.61. The Morgan fingerprint density at radius 2 is 1.55 bits per heavy atom. The van der Waals surface area contributed by atoms with Crippen LogP contribution in [-0.2, 0) is 0 Å². The van der Waals surface area contributed by atoms with Crippen molar-refractivity contribution < 1.29 is 0 Å². The van der Waals surface area contributed by atoms with Crippen LogP contribution < -0.4 is 5.32 Å². The van der Waals surface area contributed by atoms with E-state index in [9.17, 15) is 0 Å². The number of benzene rings is 1. The summed E-state index contributed by atoms with van der Waals surface area (Å²) in [6.45, 7) is 9.35. The van der Waals surface area contributed by atoms with Gasteiger partial charge in [0.25, 0.3) is 0 Å². The van der Waals surface area contributed by atoms with Crippen LogP contribution in [0.1, 0.15) is 64.9 Å². The van der Waals surface area contributed by atoms with E-state index in [-0.39, 0.29) is 0 Å². The summed E-state index contributed by atoms with van der Waals surface area (Å²) >= 11 is 0. The highest BCUT2D eigenvalue weighted by atomic mass is 14.9. The van der Waals surface area contributed by atoms with E-state index >= 15 is 0 Å². The molecular weight excluding hydrogens is 242 g/mol. The molecule has 0 saturated carbocycles. The third kappa shape index (κ3) is 4.63. The summed E-state index contributed by atoms with van der Waals surface area (Å²) in [4.78, 5) is 0. The van der Waals surface area contributed by atoms with E-state index in [1.165, 1.54) is 31.2 Å². The van der Waals surface area contributed by atoms with Crippen LogP contribution in [0.4, 0.5) is 0 Å². The Hall–Kier alpha value is -0.820. The second kappa shape index (κ2) is 9.18. The Balaban J connectivity index is 2.95. The zero-order valence-corrected chi connectivity index (χ0v) is 14.0. The van der Waals surface area contributed by atoms with Gasteiger partial charge in [0, 0.05) is 12.0 Å². The first kappa shape index (κ1) is 17.2. The van der Waals surface area contributed by atoms with Crippen molar-refractivity contribution in [3.05, 3.63) is 35.9 Å². The van der Waals surface area contributed by atoms with Crippen molar-refractivity contribution in [1.82, 2.24) is 5.32 Å². The molecule has 0 spiro atoms. The topological polar surface area (TPSA) is 12.0 Å². The fraction of sp³-hybridized carbons (Fsp3) is 0.684. The molecule has 20 heavy (non-hydrogen) atoms. The normalized spacial score (nSPS) is 16.1. The van der Waals surface area contributed by atoms with E-state index in [0.29, 0.717) is 17.9 Å². The zero-order chi connectivity index (χ0) is 15.0. The fourth-order valence-electron chi connectivity index (χ4n) is 3.31. The lowest BCUT2D eigenvalue weighted by molar-refractivity contribution is 0.288. The molecule has 1 aromatic rings. The van der Waals surface area contributed by atoms with Gasteiger partial charge in [-0.25, -0.2) is 0 Å². The van der Waals surface area contributed by atoms with E-state index < -0.39 is 0 Å². The maximum Gasteiger partial charge on any atom is 0.0138 e. The Kier molecular flexibility index (Phi) is 7.91. The molecule has 0 heterocycles. The molecule has 0 aromatic heterocycles. The lowest BCUT2D eigenvalue weighted by atomic mass is 9.76. The Morgan fingerprint density at radius 3 is 2.00 bits per heavy atom. The molecule has 3 unspecified atom stereocenters. The van der Waals surface area contributed by atoms with E-state index in [2.05, 4.69) is 70.4 Å². The summed E-state index contributed by atoms with van der Waals surface area (Å²) in [5.74, 6) is 2.17. The van der Waals surface area contributed by atoms with Crippen LogP contribution in [0, 0.1) is 11.8 Å². The minimum Gasteiger partial charge on any atom is -0.316 e. The van der Waals surface area contributed by atoms with Crippen LogP contribution in [0.3, 0.4) is 0 Å². The summed E-state index contributed by atoms with van der Waals surface area (Å²) < 4.78 is 0. The molecule has 0 aliphatic carbocycles. The highest BCUT2D eigenvalue weighted by Crippen LogP contribution is 2.33. The first-order valence-electron chi connectivity index (χ1n) is 8.39. The Labute approximate surface area is 126 Å². The summed E-state index contributed by atoms with van der Waals surface area (Å²) in [7, 11) is 2.13. The molecule has 114 valence electrons. The van der Waals surface area contributed by atoms with Gasteiger partial charge in [0.1, 0.15) is 0 Å². The smallest absolute Gasteiger partial charge is 0.0138 e. The third-order valence-electron chi connectivity index (χ3n) is 4.99. The van der Waals surface area contributed by atoms with Gasteiger partial charge in [-0.05, 0) is 30.9 Å². The average Bonchev–Trinajstić information content (AvgIpc) is 2.51. The number of hydrogen-bond acceptors (Lipinski definition) is 1. The second-order valence-corrected chi connectivity index (χ2v) is 6.14. The van der Waals surface area contributed by atoms with Crippen LogP contribution >= 0.6 is 0 Å². The number of rotatable bonds is 9. The lowest BCUT2D eigenvalue weighted by Gasteiger charge is -2.34. The van der Waals surface area contributed by atoms with Gasteiger partial charge in [-0.2, -0.15) is 0 Å². The van der Waals surface area contributed by atoms with E-state index in [0.717, 1.165) is 5.92 Å². The predicted molar refractivity (Wildman–Crippen MR) is 90.2 cm³/mol. The monoisotopic (exact) mass is 275 g/mol. The molecule has 1 heteroatoms. The molecule has 0 bridgehead atoms. The van der Waals surface area contributed by atoms with Crippen molar-refractivity contribution in [3.8, 4) is 0 Å². The highest BCUT2D eigenvalue weighted by molar-refractivity contribution is 5.22. The molecule has 0 amide bonds. The summed E-state index contributed by atoms with van der Waals surface area (Å²) in [6.07, 6.45) is 5.10. The summed E-state index contributed by atoms with van der Waals surface area (Å²) in [5.41, 5.74) is 1.49. The van der Waals surface area contributed by atoms with Gasteiger partial charge in [-0.15, -0.1) is 0 Å². The standard InChI is InChI=1S/C19H33N/c1-6-15(4)19(17-12-10-9-11-13-17)18(20-5)14-16(7-2)8-3/h9-13,15-16,18-20H,6-8,14H2,1-5H3. The molecule has 1 N–H and O–H groups in total. The third-order valence-corrected chi connectivity index (χ3v) is 4.99. The molecular formula is C19H33N. The van der Waals surface area contributed by atoms with Crippen LogP contribution in [-0.4, -0.2) is 13.1 Å². The van der Waals surface area contributed by atoms with E-state index in [1.54, 1.807) is 0 Å². The van der Waals surface area contributed by atoms with Crippen LogP contribution in [0.25, 0.3) is 0 Å². The molecule has 1 aromatic carbocycles. The summed E-state index contributed by atoms with van der Waals surface area (Å²) in [6, 6.07) is 11.6. The van der Waals surface area contributed by atoms with Crippen molar-refractivity contribution in [3.63, 3.8) is 0 Å². The lowest BCUT2D eigenvalue weighted by Crippen LogP contribution is -2.37. The number of likely N-dealkylation sites (N-methyl/N-ethyl adjacent to an activating group) is 1. The average molecular weight is 275 g/mol. The van der Waals surface area contributed by atoms with E-state index in [4.69, 9.17) is 0 Å². The Bertz CT molecular complexity index is 342. The second-order valence-electron chi connectivity index (χ2n) is 6.14. The van der Waals surface area contributed by atoms with Gasteiger partial charge in [0.15, 0.2) is 0 Å². The van der Waals surface area contributed by atoms with Crippen LogP contribution in [0.5, 0.6) is 0 Å². The van der Waals surface area contributed by atoms with Crippen LogP contribution in [0.2, 0.25) is 0 Å². The van der Waals surface area contributed by atoms with Gasteiger partial charge in [-0.1, -0.05) is 77.3 Å². The van der Waals surface area contributed by atoms with Crippen molar-refractivity contribution in [2.24, 2.45) is 11.8 Å². The molecule has 0 saturated heterocycles. The van der Waals surface area contributed by atoms with Gasteiger partial charge < -0.3 is 5.32 Å². The zero-order valence-electron chi connectivity index (χ0n) is 14.0. The maximum atomic E-state index is 3.61. The van der Waals surface area contributed by atoms with E-state index in [1.807, 2.05) is 0 Å². The molecule has 3 atom stereocenters. The number of hydrogen-bond donors (Lipinski definition) is 1. The first-order valence-corrected chi connectivity index (χ1v) is 8.39. The fourth-order valence-corrected chi connectivity index (χ4v) is 3.31. The molecule has 0 radical (unpaired) electrons. The van der Waals surface area contributed by atoms with Gasteiger partial charge in [-0.3, -0.25) is 0 Å². The predicted octanol–water partition coefficient (Wildman–Crippen LogP) is 5.23. The van der Waals surface area contributed by atoms with Crippen LogP contribution in [0.15, 0.2) is 30.3 Å².